The molecule has 1 aromatic carbocycles. The van der Waals surface area contributed by atoms with Crippen LogP contribution < -0.4 is 5.32 Å². The molecular formula is C20H29NO2. The highest BCUT2D eigenvalue weighted by Crippen LogP contribution is 2.55. The maximum atomic E-state index is 11.5. The Morgan fingerprint density at radius 2 is 1.96 bits per heavy atom. The van der Waals surface area contributed by atoms with Crippen molar-refractivity contribution < 1.29 is 10.2 Å². The van der Waals surface area contributed by atoms with Gasteiger partial charge < -0.3 is 15.5 Å². The van der Waals surface area contributed by atoms with E-state index in [4.69, 9.17) is 0 Å². The van der Waals surface area contributed by atoms with E-state index in [1.165, 1.54) is 30.4 Å². The van der Waals surface area contributed by atoms with Gasteiger partial charge >= 0.3 is 0 Å². The highest BCUT2D eigenvalue weighted by molar-refractivity contribution is 5.45. The Hall–Kier alpha value is -1.06. The Labute approximate surface area is 139 Å². The van der Waals surface area contributed by atoms with Crippen LogP contribution in [0.1, 0.15) is 62.5 Å². The highest BCUT2D eigenvalue weighted by atomic mass is 16.3. The van der Waals surface area contributed by atoms with Gasteiger partial charge in [-0.05, 0) is 87.2 Å². The first-order chi connectivity index (χ1) is 11.1. The fourth-order valence-electron chi connectivity index (χ4n) is 5.06. The molecule has 0 radical (unpaired) electrons. The molecule has 1 aromatic rings. The molecule has 0 aromatic heterocycles. The molecule has 0 heterocycles. The summed E-state index contributed by atoms with van der Waals surface area (Å²) in [5, 5.41) is 25.1. The smallest absolute Gasteiger partial charge is 0.115 e. The van der Waals surface area contributed by atoms with Crippen molar-refractivity contribution in [2.75, 3.05) is 13.1 Å². The maximum Gasteiger partial charge on any atom is 0.115 e. The number of aliphatic hydroxyl groups is 1. The first-order valence-electron chi connectivity index (χ1n) is 9.38. The molecule has 3 N–H and O–H groups in total. The molecule has 0 spiro atoms. The van der Waals surface area contributed by atoms with Crippen molar-refractivity contribution in [3.63, 3.8) is 0 Å². The van der Waals surface area contributed by atoms with E-state index in [0.717, 1.165) is 57.5 Å². The molecule has 0 amide bonds. The summed E-state index contributed by atoms with van der Waals surface area (Å²) < 4.78 is 0. The lowest BCUT2D eigenvalue weighted by molar-refractivity contribution is -0.0869. The van der Waals surface area contributed by atoms with Gasteiger partial charge in [0.1, 0.15) is 5.75 Å². The van der Waals surface area contributed by atoms with Crippen molar-refractivity contribution >= 4 is 0 Å². The zero-order valence-corrected chi connectivity index (χ0v) is 14.0. The summed E-state index contributed by atoms with van der Waals surface area (Å²) in [6, 6.07) is 5.80. The topological polar surface area (TPSA) is 52.5 Å². The first-order valence-corrected chi connectivity index (χ1v) is 9.38. The molecular weight excluding hydrogens is 286 g/mol. The van der Waals surface area contributed by atoms with Crippen LogP contribution in [0.2, 0.25) is 0 Å². The van der Waals surface area contributed by atoms with Crippen LogP contribution in [0.5, 0.6) is 5.75 Å². The number of aromatic hydroxyl groups is 1. The molecule has 3 aliphatic carbocycles. The Balaban J connectivity index is 1.63. The number of phenols is 1. The molecule has 23 heavy (non-hydrogen) atoms. The fraction of sp³-hybridized carbons (Fsp3) is 0.700. The summed E-state index contributed by atoms with van der Waals surface area (Å²) >= 11 is 0. The normalized spacial score (nSPS) is 33.1. The zero-order valence-electron chi connectivity index (χ0n) is 14.0. The molecule has 0 unspecified atom stereocenters. The van der Waals surface area contributed by atoms with Gasteiger partial charge in [0.15, 0.2) is 0 Å². The molecule has 3 heteroatoms. The molecule has 4 rings (SSSR count). The molecule has 2 atom stereocenters. The number of hydrogen-bond acceptors (Lipinski definition) is 3. The largest absolute Gasteiger partial charge is 0.508 e. The average Bonchev–Trinajstić information content (AvgIpc) is 3.36. The van der Waals surface area contributed by atoms with Gasteiger partial charge in [0.25, 0.3) is 0 Å². The van der Waals surface area contributed by atoms with Gasteiger partial charge in [-0.2, -0.15) is 0 Å². The molecule has 0 saturated heterocycles. The molecule has 3 nitrogen and oxygen atoms in total. The van der Waals surface area contributed by atoms with Crippen LogP contribution in [0, 0.1) is 5.92 Å². The van der Waals surface area contributed by atoms with Crippen LogP contribution in [0.25, 0.3) is 0 Å². The number of benzene rings is 1. The average molecular weight is 315 g/mol. The molecule has 3 aliphatic rings. The van der Waals surface area contributed by atoms with E-state index in [0.29, 0.717) is 5.75 Å². The number of hydrogen-bond donors (Lipinski definition) is 3. The Morgan fingerprint density at radius 1 is 1.13 bits per heavy atom. The van der Waals surface area contributed by atoms with Crippen LogP contribution in [-0.4, -0.2) is 28.9 Å². The van der Waals surface area contributed by atoms with E-state index < -0.39 is 5.60 Å². The third kappa shape index (κ3) is 2.68. The predicted octanol–water partition coefficient (Wildman–Crippen LogP) is 3.27. The van der Waals surface area contributed by atoms with Crippen molar-refractivity contribution in [3.8, 4) is 5.75 Å². The molecule has 0 bridgehead atoms. The highest BCUT2D eigenvalue weighted by Gasteiger charge is 2.54. The van der Waals surface area contributed by atoms with Gasteiger partial charge in [0.05, 0.1) is 5.60 Å². The second-order valence-corrected chi connectivity index (χ2v) is 8.06. The Bertz CT molecular complexity index is 583. The van der Waals surface area contributed by atoms with E-state index in [9.17, 15) is 10.2 Å². The quantitative estimate of drug-likeness (QED) is 0.731. The van der Waals surface area contributed by atoms with Crippen LogP contribution in [0.15, 0.2) is 18.2 Å². The third-order valence-electron chi connectivity index (χ3n) is 6.61. The molecule has 2 saturated carbocycles. The number of nitrogens with one attached hydrogen (secondary N) is 1. The van der Waals surface area contributed by atoms with Gasteiger partial charge in [0, 0.05) is 5.41 Å². The number of aryl methyl sites for hydroxylation is 1. The molecule has 126 valence electrons. The van der Waals surface area contributed by atoms with Gasteiger partial charge in [0.2, 0.25) is 0 Å². The van der Waals surface area contributed by atoms with E-state index in [-0.39, 0.29) is 5.41 Å². The Kier molecular flexibility index (Phi) is 3.89. The molecule has 2 fully saturated rings. The first kappa shape index (κ1) is 15.5. The van der Waals surface area contributed by atoms with Crippen LogP contribution >= 0.6 is 0 Å². The minimum absolute atomic E-state index is 0.172. The fourth-order valence-corrected chi connectivity index (χ4v) is 5.06. The van der Waals surface area contributed by atoms with Crippen LogP contribution in [-0.2, 0) is 11.8 Å². The number of rotatable bonds is 5. The summed E-state index contributed by atoms with van der Waals surface area (Å²) in [5.41, 5.74) is 1.79. The monoisotopic (exact) mass is 315 g/mol. The van der Waals surface area contributed by atoms with Crippen molar-refractivity contribution in [1.29, 1.82) is 0 Å². The SMILES string of the molecule is Oc1ccc2c(c1)[C@]1(CCNCC3CC3)CCCC[C@]1(O)CC2. The lowest BCUT2D eigenvalue weighted by Crippen LogP contribution is -2.57. The lowest BCUT2D eigenvalue weighted by atomic mass is 9.53. The lowest BCUT2D eigenvalue weighted by Gasteiger charge is -2.55. The summed E-state index contributed by atoms with van der Waals surface area (Å²) in [5.74, 6) is 1.23. The van der Waals surface area contributed by atoms with Crippen molar-refractivity contribution in [3.05, 3.63) is 29.3 Å². The van der Waals surface area contributed by atoms with Crippen molar-refractivity contribution in [1.82, 2.24) is 5.32 Å². The van der Waals surface area contributed by atoms with E-state index >= 15 is 0 Å². The molecule has 0 aliphatic heterocycles. The number of fused-ring (bicyclic) bond motifs is 3. The van der Waals surface area contributed by atoms with Crippen LogP contribution in [0.3, 0.4) is 0 Å². The van der Waals surface area contributed by atoms with Gasteiger partial charge in [-0.25, -0.2) is 0 Å². The third-order valence-corrected chi connectivity index (χ3v) is 6.61. The van der Waals surface area contributed by atoms with E-state index in [1.807, 2.05) is 6.07 Å². The minimum Gasteiger partial charge on any atom is -0.508 e. The summed E-state index contributed by atoms with van der Waals surface area (Å²) in [7, 11) is 0. The predicted molar refractivity (Wildman–Crippen MR) is 91.7 cm³/mol. The van der Waals surface area contributed by atoms with Gasteiger partial charge in [-0.3, -0.25) is 0 Å². The summed E-state index contributed by atoms with van der Waals surface area (Å²) in [6.07, 6.45) is 9.79. The maximum absolute atomic E-state index is 11.5. The van der Waals surface area contributed by atoms with Gasteiger partial charge in [-0.1, -0.05) is 18.9 Å². The Morgan fingerprint density at radius 3 is 2.78 bits per heavy atom. The van der Waals surface area contributed by atoms with Gasteiger partial charge in [-0.15, -0.1) is 0 Å². The van der Waals surface area contributed by atoms with Crippen molar-refractivity contribution in [2.24, 2.45) is 5.92 Å². The summed E-state index contributed by atoms with van der Waals surface area (Å²) in [6.45, 7) is 2.09. The van der Waals surface area contributed by atoms with Crippen molar-refractivity contribution in [2.45, 2.75) is 68.8 Å². The zero-order chi connectivity index (χ0) is 15.9. The number of phenolic OH excluding ortho intramolecular Hbond substituents is 1. The van der Waals surface area contributed by atoms with E-state index in [1.54, 1.807) is 6.07 Å². The standard InChI is InChI=1S/C20H29NO2/c22-17-6-5-16-7-10-20(23)9-2-1-8-19(20,18(16)13-17)11-12-21-14-15-3-4-15/h5-6,13,15,21-23H,1-4,7-12,14H2/t19-,20+/m1/s1. The second kappa shape index (κ2) is 5.78. The van der Waals surface area contributed by atoms with Crippen LogP contribution in [0.4, 0.5) is 0 Å². The summed E-state index contributed by atoms with van der Waals surface area (Å²) in [4.78, 5) is 0. The minimum atomic E-state index is -0.590. The van der Waals surface area contributed by atoms with E-state index in [2.05, 4.69) is 11.4 Å². The second-order valence-electron chi connectivity index (χ2n) is 8.06.